The second-order valence-corrected chi connectivity index (χ2v) is 15.4. The van der Waals surface area contributed by atoms with Gasteiger partial charge in [-0.05, 0) is 142 Å². The predicted molar refractivity (Wildman–Crippen MR) is 247 cm³/mol. The van der Waals surface area contributed by atoms with E-state index < -0.39 is 0 Å². The van der Waals surface area contributed by atoms with Crippen molar-refractivity contribution in [2.75, 3.05) is 69.9 Å². The predicted octanol–water partition coefficient (Wildman–Crippen LogP) is 10.6. The van der Waals surface area contributed by atoms with Gasteiger partial charge in [0.25, 0.3) is 5.91 Å². The van der Waals surface area contributed by atoms with Crippen molar-refractivity contribution in [2.45, 2.75) is 26.7 Å². The van der Waals surface area contributed by atoms with Crippen LogP contribution < -0.4 is 21.1 Å². The molecule has 4 aromatic heterocycles. The number of carbonyl (C=O) groups is 1. The van der Waals surface area contributed by atoms with Gasteiger partial charge in [-0.1, -0.05) is 0 Å². The number of anilines is 3. The van der Waals surface area contributed by atoms with Crippen LogP contribution in [0.25, 0.3) is 11.3 Å². The van der Waals surface area contributed by atoms with E-state index in [4.69, 9.17) is 31.5 Å². The van der Waals surface area contributed by atoms with Crippen LogP contribution in [0.4, 0.5) is 16.6 Å². The Morgan fingerprint density at radius 2 is 1.46 bits per heavy atom. The molecule has 0 fully saturated rings. The number of alkyl halides is 1. The van der Waals surface area contributed by atoms with Crippen LogP contribution in [-0.4, -0.2) is 79.4 Å². The van der Waals surface area contributed by atoms with Crippen LogP contribution in [0, 0.1) is 13.8 Å². The number of nitrogens with zero attached hydrogens (tertiary/aromatic N) is 4. The number of carbonyl (C=O) groups excluding carboxylic acids is 1. The molecule has 59 heavy (non-hydrogen) atoms. The highest BCUT2D eigenvalue weighted by molar-refractivity contribution is 9.10. The number of benzene rings is 2. The lowest BCUT2D eigenvalue weighted by atomic mass is 10.0. The summed E-state index contributed by atoms with van der Waals surface area (Å²) in [5.74, 6) is 2.46. The molecule has 0 spiro atoms. The zero-order valence-electron chi connectivity index (χ0n) is 33.7. The Balaban J connectivity index is 0.000000300. The van der Waals surface area contributed by atoms with Crippen LogP contribution in [-0.2, 0) is 20.6 Å². The summed E-state index contributed by atoms with van der Waals surface area (Å²) in [5.41, 5.74) is 11.9. The molecule has 6 aromatic rings. The van der Waals surface area contributed by atoms with E-state index in [1.807, 2.05) is 80.0 Å². The Morgan fingerprint density at radius 1 is 0.814 bits per heavy atom. The van der Waals surface area contributed by atoms with Gasteiger partial charge < -0.3 is 30.0 Å². The van der Waals surface area contributed by atoms with E-state index in [2.05, 4.69) is 67.2 Å². The Bertz CT molecular complexity index is 2030. The fraction of sp³-hybridized carbons (Fsp3) is 0.279. The lowest BCUT2D eigenvalue weighted by Gasteiger charge is -2.13. The number of methoxy groups -OCH3 is 3. The van der Waals surface area contributed by atoms with Crippen LogP contribution in [0.1, 0.15) is 33.6 Å². The molecule has 6 rings (SSSR count). The van der Waals surface area contributed by atoms with Gasteiger partial charge in [0.1, 0.15) is 17.3 Å². The first-order valence-electron chi connectivity index (χ1n) is 18.4. The molecule has 0 aliphatic heterocycles. The molecular formula is C43H50Br2ClN7O5S. The number of nitrogen functional groups attached to an aromatic ring is 1. The highest BCUT2D eigenvalue weighted by Crippen LogP contribution is 2.34. The summed E-state index contributed by atoms with van der Waals surface area (Å²) in [7, 11) is 5.03. The summed E-state index contributed by atoms with van der Waals surface area (Å²) < 4.78 is 22.6. The normalized spacial score (nSPS) is 10.2. The topological polar surface area (TPSA) is 156 Å². The van der Waals surface area contributed by atoms with Crippen molar-refractivity contribution in [1.29, 1.82) is 0 Å². The van der Waals surface area contributed by atoms with E-state index in [0.717, 1.165) is 80.2 Å². The number of hydrogen-bond acceptors (Lipinski definition) is 12. The third-order valence-electron chi connectivity index (χ3n) is 7.76. The number of amides is 1. The number of pyridine rings is 3. The maximum atomic E-state index is 12.4. The maximum absolute atomic E-state index is 12.4. The fourth-order valence-electron chi connectivity index (χ4n) is 5.00. The first kappa shape index (κ1) is 48.9. The third-order valence-corrected chi connectivity index (χ3v) is 9.61. The van der Waals surface area contributed by atoms with E-state index in [1.165, 1.54) is 11.3 Å². The van der Waals surface area contributed by atoms with Gasteiger partial charge in [-0.3, -0.25) is 20.1 Å². The molecule has 2 aromatic carbocycles. The fourth-order valence-corrected chi connectivity index (χ4v) is 6.32. The molecule has 16 heteroatoms. The molecule has 0 unspecified atom stereocenters. The second kappa shape index (κ2) is 28.1. The highest BCUT2D eigenvalue weighted by atomic mass is 79.9. The minimum Gasteiger partial charge on any atom is -0.457 e. The first-order valence-corrected chi connectivity index (χ1v) is 21.4. The number of thiazole rings is 1. The summed E-state index contributed by atoms with van der Waals surface area (Å²) >= 11 is 13.1. The Hall–Kier alpha value is -4.48. The summed E-state index contributed by atoms with van der Waals surface area (Å²) in [4.78, 5) is 29.0. The van der Waals surface area contributed by atoms with Gasteiger partial charge in [-0.25, -0.2) is 9.97 Å². The zero-order valence-corrected chi connectivity index (χ0v) is 38.5. The molecule has 0 aliphatic carbocycles. The van der Waals surface area contributed by atoms with Crippen LogP contribution in [0.3, 0.4) is 0 Å². The third kappa shape index (κ3) is 19.0. The van der Waals surface area contributed by atoms with Crippen molar-refractivity contribution in [1.82, 2.24) is 19.9 Å². The highest BCUT2D eigenvalue weighted by Gasteiger charge is 2.14. The molecule has 0 aliphatic rings. The number of nitrogens with two attached hydrogens (primary N) is 1. The molecule has 1 amide bonds. The molecule has 12 nitrogen and oxygen atoms in total. The SMILES string of the molecule is COCCCc1ccc(Br)cn1.COCCCl.COCCNc1ccc(Oc2cc(C)c(-c3csc(NC(=O)c4ccncc4)n3)c(C)c2)cc1.Nc1ccc(Br)cn1. The summed E-state index contributed by atoms with van der Waals surface area (Å²) in [5, 5.41) is 8.65. The molecule has 0 saturated heterocycles. The monoisotopic (exact) mass is 969 g/mol. The van der Waals surface area contributed by atoms with Gasteiger partial charge in [0, 0.05) is 102 Å². The van der Waals surface area contributed by atoms with Crippen LogP contribution in [0.2, 0.25) is 0 Å². The van der Waals surface area contributed by atoms with E-state index in [9.17, 15) is 4.79 Å². The molecular weight excluding hydrogens is 922 g/mol. The van der Waals surface area contributed by atoms with Crippen molar-refractivity contribution >= 4 is 77.3 Å². The number of rotatable bonds is 15. The van der Waals surface area contributed by atoms with Crippen LogP contribution in [0.15, 0.2) is 112 Å². The molecule has 0 radical (unpaired) electrons. The lowest BCUT2D eigenvalue weighted by Crippen LogP contribution is -2.11. The number of ether oxygens (including phenoxy) is 4. The minimum absolute atomic E-state index is 0.208. The first-order chi connectivity index (χ1) is 28.6. The van der Waals surface area contributed by atoms with Crippen LogP contribution >= 0.6 is 54.8 Å². The number of aromatic nitrogens is 4. The van der Waals surface area contributed by atoms with Gasteiger partial charge >= 0.3 is 0 Å². The summed E-state index contributed by atoms with van der Waals surface area (Å²) in [6, 6.07) is 22.8. The van der Waals surface area contributed by atoms with Gasteiger partial charge in [0.2, 0.25) is 0 Å². The maximum Gasteiger partial charge on any atom is 0.257 e. The quantitative estimate of drug-likeness (QED) is 0.0665. The summed E-state index contributed by atoms with van der Waals surface area (Å²) in [6.07, 6.45) is 8.68. The molecule has 4 heterocycles. The minimum atomic E-state index is -0.208. The van der Waals surface area contributed by atoms with Crippen molar-refractivity contribution in [3.8, 4) is 22.8 Å². The average Bonchev–Trinajstić information content (AvgIpc) is 3.69. The van der Waals surface area contributed by atoms with E-state index in [1.54, 1.807) is 58.1 Å². The van der Waals surface area contributed by atoms with E-state index in [-0.39, 0.29) is 5.91 Å². The largest absolute Gasteiger partial charge is 0.457 e. The van der Waals surface area contributed by atoms with Crippen molar-refractivity contribution in [2.24, 2.45) is 0 Å². The molecule has 0 saturated carbocycles. The van der Waals surface area contributed by atoms with Gasteiger partial charge in [-0.15, -0.1) is 22.9 Å². The number of nitrogens with one attached hydrogen (secondary N) is 2. The van der Waals surface area contributed by atoms with Gasteiger partial charge in [0.15, 0.2) is 5.13 Å². The molecule has 0 bridgehead atoms. The summed E-state index contributed by atoms with van der Waals surface area (Å²) in [6.45, 7) is 6.93. The molecule has 4 N–H and O–H groups in total. The number of hydrogen-bond donors (Lipinski definition) is 3. The lowest BCUT2D eigenvalue weighted by molar-refractivity contribution is 0.102. The molecule has 314 valence electrons. The number of halogens is 3. The van der Waals surface area contributed by atoms with Gasteiger partial charge in [0.05, 0.1) is 18.9 Å². The zero-order chi connectivity index (χ0) is 42.8. The molecule has 0 atom stereocenters. The van der Waals surface area contributed by atoms with E-state index >= 15 is 0 Å². The van der Waals surface area contributed by atoms with Crippen molar-refractivity contribution in [3.05, 3.63) is 134 Å². The van der Waals surface area contributed by atoms with E-state index in [0.29, 0.717) is 35.6 Å². The Kier molecular flexibility index (Phi) is 23.3. The smallest absolute Gasteiger partial charge is 0.257 e. The number of aryl methyl sites for hydroxylation is 3. The Labute approximate surface area is 372 Å². The Morgan fingerprint density at radius 3 is 2.00 bits per heavy atom. The standard InChI is InChI=1S/C26H26N4O3S.C9H12BrNO.C5H5BrN2.C3H7ClO/c1-17-14-22(33-21-6-4-20(5-7-21)28-12-13-32-3)15-18(2)24(17)23-16-34-26(29-23)30-25(31)19-8-10-27-11-9-19;1-12-6-2-3-9-5-4-8(10)7-11-9;6-4-1-2-5(7)8-3-4;1-5-3-2-4/h4-11,14-16,28H,12-13H2,1-3H3,(H,29,30,31);4-5,7H,2-3,6H2,1H3;1-3H,(H2,7,8);2-3H2,1H3. The van der Waals surface area contributed by atoms with Crippen molar-refractivity contribution < 1.29 is 23.7 Å². The van der Waals surface area contributed by atoms with Crippen LogP contribution in [0.5, 0.6) is 11.5 Å². The average molecular weight is 972 g/mol. The van der Waals surface area contributed by atoms with Crippen molar-refractivity contribution in [3.63, 3.8) is 0 Å². The second-order valence-electron chi connectivity index (χ2n) is 12.4. The van der Waals surface area contributed by atoms with Gasteiger partial charge in [-0.2, -0.15) is 0 Å².